The van der Waals surface area contributed by atoms with E-state index in [9.17, 15) is 0 Å². The first-order valence-electron chi connectivity index (χ1n) is 9.40. The van der Waals surface area contributed by atoms with E-state index in [0.29, 0.717) is 13.2 Å². The minimum Gasteiger partial charge on any atom is -0.478 e. The molecule has 2 aromatic rings. The zero-order valence-electron chi connectivity index (χ0n) is 15.5. The largest absolute Gasteiger partial charge is 0.478 e. The van der Waals surface area contributed by atoms with Crippen LogP contribution in [-0.2, 0) is 9.47 Å². The second kappa shape index (κ2) is 6.93. The van der Waals surface area contributed by atoms with Crippen molar-refractivity contribution in [3.8, 4) is 5.88 Å². The lowest BCUT2D eigenvalue weighted by molar-refractivity contribution is -0.139. The van der Waals surface area contributed by atoms with Gasteiger partial charge < -0.3 is 19.2 Å². The van der Waals surface area contributed by atoms with Gasteiger partial charge in [-0.1, -0.05) is 42.5 Å². The van der Waals surface area contributed by atoms with E-state index in [1.54, 1.807) is 0 Å². The predicted octanol–water partition coefficient (Wildman–Crippen LogP) is 4.98. The number of rotatable bonds is 6. The second-order valence-electron chi connectivity index (χ2n) is 7.85. The number of H-pyrrole nitrogens is 1. The Morgan fingerprint density at radius 1 is 1.23 bits per heavy atom. The highest BCUT2D eigenvalue weighted by atomic mass is 16.7. The summed E-state index contributed by atoms with van der Waals surface area (Å²) in [6.45, 7) is 5.28. The van der Waals surface area contributed by atoms with Gasteiger partial charge >= 0.3 is 0 Å². The molecule has 0 bridgehead atoms. The van der Waals surface area contributed by atoms with Gasteiger partial charge in [0, 0.05) is 22.4 Å². The Hall–Kier alpha value is -2.04. The third-order valence-corrected chi connectivity index (χ3v) is 5.27. The van der Waals surface area contributed by atoms with E-state index in [-0.39, 0.29) is 11.5 Å². The molecule has 4 nitrogen and oxygen atoms in total. The fourth-order valence-electron chi connectivity index (χ4n) is 3.77. The molecule has 1 saturated heterocycles. The Balaban J connectivity index is 1.41. The van der Waals surface area contributed by atoms with Crippen LogP contribution in [0.25, 0.3) is 10.9 Å². The van der Waals surface area contributed by atoms with Crippen LogP contribution in [0.5, 0.6) is 5.88 Å². The number of hydrogen-bond donors (Lipinski definition) is 1. The Kier molecular flexibility index (Phi) is 4.63. The zero-order chi connectivity index (χ0) is 18.0. The summed E-state index contributed by atoms with van der Waals surface area (Å²) >= 11 is 0. The van der Waals surface area contributed by atoms with Crippen LogP contribution in [0.2, 0.25) is 0 Å². The monoisotopic (exact) mass is 353 g/mol. The molecule has 0 amide bonds. The van der Waals surface area contributed by atoms with Gasteiger partial charge in [0.25, 0.3) is 0 Å². The topological polar surface area (TPSA) is 43.5 Å². The van der Waals surface area contributed by atoms with E-state index in [1.807, 2.05) is 26.0 Å². The van der Waals surface area contributed by atoms with E-state index < -0.39 is 5.79 Å². The summed E-state index contributed by atoms with van der Waals surface area (Å²) in [6.07, 6.45) is 11.9. The summed E-state index contributed by atoms with van der Waals surface area (Å²) in [5.74, 6) is 0.371. The summed E-state index contributed by atoms with van der Waals surface area (Å²) in [5.41, 5.74) is 1.11. The lowest BCUT2D eigenvalue weighted by atomic mass is 9.78. The van der Waals surface area contributed by atoms with E-state index in [4.69, 9.17) is 14.2 Å². The van der Waals surface area contributed by atoms with Crippen LogP contribution >= 0.6 is 0 Å². The molecule has 2 aliphatic rings. The van der Waals surface area contributed by atoms with Crippen LogP contribution < -0.4 is 4.74 Å². The van der Waals surface area contributed by atoms with Crippen molar-refractivity contribution in [1.29, 1.82) is 0 Å². The van der Waals surface area contributed by atoms with Crippen LogP contribution in [0.3, 0.4) is 0 Å². The number of hydrogen-bond acceptors (Lipinski definition) is 3. The smallest absolute Gasteiger partial charge is 0.191 e. The van der Waals surface area contributed by atoms with Crippen LogP contribution in [0.1, 0.15) is 33.1 Å². The minimum absolute atomic E-state index is 0.00212. The van der Waals surface area contributed by atoms with Gasteiger partial charge in [-0.25, -0.2) is 0 Å². The van der Waals surface area contributed by atoms with Crippen molar-refractivity contribution in [2.45, 2.75) is 45.0 Å². The number of nitrogens with one attached hydrogen (secondary N) is 1. The third kappa shape index (κ3) is 3.87. The molecule has 2 heterocycles. The van der Waals surface area contributed by atoms with Crippen LogP contribution in [0.15, 0.2) is 54.6 Å². The molecule has 1 unspecified atom stereocenters. The Morgan fingerprint density at radius 3 is 2.85 bits per heavy atom. The summed E-state index contributed by atoms with van der Waals surface area (Å²) in [6, 6.07) is 10.3. The SMILES string of the molecule is CC1(C)OC[C@H](CCC2(COc3cc4ccccc4[nH]3)C=CC=CC2)O1. The first-order valence-corrected chi connectivity index (χ1v) is 9.40. The Labute approximate surface area is 154 Å². The molecule has 26 heavy (non-hydrogen) atoms. The number of para-hydroxylation sites is 1. The lowest BCUT2D eigenvalue weighted by Gasteiger charge is -2.32. The first kappa shape index (κ1) is 17.4. The number of aromatic nitrogens is 1. The van der Waals surface area contributed by atoms with Gasteiger partial charge in [0.1, 0.15) is 0 Å². The normalized spacial score (nSPS) is 27.2. The van der Waals surface area contributed by atoms with Gasteiger partial charge in [-0.3, -0.25) is 0 Å². The molecule has 1 aromatic carbocycles. The first-order chi connectivity index (χ1) is 12.5. The molecular weight excluding hydrogens is 326 g/mol. The average Bonchev–Trinajstić information content (AvgIpc) is 3.21. The van der Waals surface area contributed by atoms with Crippen molar-refractivity contribution in [3.63, 3.8) is 0 Å². The van der Waals surface area contributed by atoms with E-state index in [0.717, 1.165) is 30.7 Å². The summed E-state index contributed by atoms with van der Waals surface area (Å²) in [7, 11) is 0. The van der Waals surface area contributed by atoms with E-state index in [1.165, 1.54) is 5.39 Å². The quantitative estimate of drug-likeness (QED) is 0.796. The van der Waals surface area contributed by atoms with Crippen molar-refractivity contribution in [3.05, 3.63) is 54.6 Å². The third-order valence-electron chi connectivity index (χ3n) is 5.27. The minimum atomic E-state index is -0.457. The highest BCUT2D eigenvalue weighted by molar-refractivity contribution is 5.81. The molecular formula is C22H27NO3. The van der Waals surface area contributed by atoms with E-state index in [2.05, 4.69) is 47.5 Å². The second-order valence-corrected chi connectivity index (χ2v) is 7.85. The summed E-state index contributed by atoms with van der Waals surface area (Å²) < 4.78 is 17.9. The van der Waals surface area contributed by atoms with Gasteiger partial charge in [-0.15, -0.1) is 0 Å². The molecule has 1 aromatic heterocycles. The average molecular weight is 353 g/mol. The molecule has 0 saturated carbocycles. The zero-order valence-corrected chi connectivity index (χ0v) is 15.5. The van der Waals surface area contributed by atoms with Crippen molar-refractivity contribution in [1.82, 2.24) is 4.98 Å². The molecule has 1 aliphatic carbocycles. The summed E-state index contributed by atoms with van der Waals surface area (Å²) in [4.78, 5) is 3.35. The molecule has 4 rings (SSSR count). The van der Waals surface area contributed by atoms with Crippen LogP contribution in [0, 0.1) is 5.41 Å². The molecule has 4 heteroatoms. The van der Waals surface area contributed by atoms with Gasteiger partial charge in [-0.05, 0) is 39.2 Å². The molecule has 138 valence electrons. The van der Waals surface area contributed by atoms with Crippen molar-refractivity contribution < 1.29 is 14.2 Å². The maximum Gasteiger partial charge on any atom is 0.191 e. The highest BCUT2D eigenvalue weighted by Crippen LogP contribution is 2.36. The number of ether oxygens (including phenoxy) is 3. The highest BCUT2D eigenvalue weighted by Gasteiger charge is 2.35. The predicted molar refractivity (Wildman–Crippen MR) is 103 cm³/mol. The fourth-order valence-corrected chi connectivity index (χ4v) is 3.77. The Morgan fingerprint density at radius 2 is 2.12 bits per heavy atom. The molecule has 0 spiro atoms. The van der Waals surface area contributed by atoms with Crippen molar-refractivity contribution in [2.75, 3.05) is 13.2 Å². The van der Waals surface area contributed by atoms with Gasteiger partial charge in [0.15, 0.2) is 11.7 Å². The molecule has 0 radical (unpaired) electrons. The molecule has 1 aliphatic heterocycles. The summed E-state index contributed by atoms with van der Waals surface area (Å²) in [5, 5.41) is 1.18. The van der Waals surface area contributed by atoms with Crippen molar-refractivity contribution in [2.24, 2.45) is 5.41 Å². The van der Waals surface area contributed by atoms with E-state index >= 15 is 0 Å². The number of fused-ring (bicyclic) bond motifs is 1. The van der Waals surface area contributed by atoms with Crippen LogP contribution in [0.4, 0.5) is 0 Å². The fraction of sp³-hybridized carbons (Fsp3) is 0.455. The van der Waals surface area contributed by atoms with Crippen LogP contribution in [-0.4, -0.2) is 30.1 Å². The molecule has 2 atom stereocenters. The molecule has 1 fully saturated rings. The van der Waals surface area contributed by atoms with Crippen molar-refractivity contribution >= 4 is 10.9 Å². The van der Waals surface area contributed by atoms with Gasteiger partial charge in [0.05, 0.1) is 19.3 Å². The molecule has 1 N–H and O–H groups in total. The maximum absolute atomic E-state index is 6.18. The van der Waals surface area contributed by atoms with Gasteiger partial charge in [0.2, 0.25) is 0 Å². The lowest BCUT2D eigenvalue weighted by Crippen LogP contribution is -2.29. The maximum atomic E-state index is 6.18. The standard InChI is InChI=1S/C22H27NO3/c1-21(2)25-15-18(26-21)10-13-22(11-6-3-7-12-22)16-24-20-14-17-8-4-5-9-19(17)23-20/h3-9,11,14,18,23H,10,12-13,15-16H2,1-2H3/t18-,22?/m0/s1. The number of allylic oxidation sites excluding steroid dienone is 3. The number of benzene rings is 1. The Bertz CT molecular complexity index is 787. The van der Waals surface area contributed by atoms with Gasteiger partial charge in [-0.2, -0.15) is 0 Å². The number of aromatic amines is 1.